The van der Waals surface area contributed by atoms with E-state index < -0.39 is 0 Å². The van der Waals surface area contributed by atoms with Crippen molar-refractivity contribution in [3.63, 3.8) is 0 Å². The van der Waals surface area contributed by atoms with E-state index in [1.54, 1.807) is 0 Å². The number of carbonyl (C=O) groups is 1. The zero-order chi connectivity index (χ0) is 18.5. The fourth-order valence-electron chi connectivity index (χ4n) is 2.99. The number of benzene rings is 1. The van der Waals surface area contributed by atoms with Crippen molar-refractivity contribution in [2.24, 2.45) is 0 Å². The minimum atomic E-state index is -0.234. The van der Waals surface area contributed by atoms with Crippen LogP contribution in [0.15, 0.2) is 29.1 Å². The van der Waals surface area contributed by atoms with E-state index in [0.29, 0.717) is 24.2 Å². The molecule has 0 aliphatic carbocycles. The number of para-hydroxylation sites is 2. The van der Waals surface area contributed by atoms with Crippen molar-refractivity contribution in [3.05, 3.63) is 57.3 Å². The molecule has 136 valence electrons. The molecule has 2 heterocycles. The van der Waals surface area contributed by atoms with Crippen LogP contribution in [0.2, 0.25) is 0 Å². The van der Waals surface area contributed by atoms with Crippen molar-refractivity contribution in [2.45, 2.75) is 39.5 Å². The molecule has 26 heavy (non-hydrogen) atoms. The van der Waals surface area contributed by atoms with Crippen molar-refractivity contribution in [1.29, 1.82) is 0 Å². The van der Waals surface area contributed by atoms with Crippen LogP contribution in [0.3, 0.4) is 0 Å². The summed E-state index contributed by atoms with van der Waals surface area (Å²) in [6, 6.07) is 7.37. The summed E-state index contributed by atoms with van der Waals surface area (Å²) >= 11 is 0. The molecular formula is C19H23N5O2. The monoisotopic (exact) mass is 353 g/mol. The molecule has 0 aliphatic heterocycles. The van der Waals surface area contributed by atoms with Gasteiger partial charge in [0.15, 0.2) is 0 Å². The lowest BCUT2D eigenvalue weighted by molar-refractivity contribution is -0.121. The highest BCUT2D eigenvalue weighted by Gasteiger charge is 2.09. The van der Waals surface area contributed by atoms with Gasteiger partial charge < -0.3 is 10.3 Å². The number of aryl methyl sites for hydroxylation is 3. The predicted octanol–water partition coefficient (Wildman–Crippen LogP) is 1.94. The van der Waals surface area contributed by atoms with Crippen LogP contribution >= 0.6 is 0 Å². The lowest BCUT2D eigenvalue weighted by atomic mass is 10.1. The molecule has 3 N–H and O–H groups in total. The lowest BCUT2D eigenvalue weighted by Gasteiger charge is -2.06. The van der Waals surface area contributed by atoms with Gasteiger partial charge in [-0.25, -0.2) is 4.98 Å². The van der Waals surface area contributed by atoms with E-state index in [1.807, 2.05) is 38.1 Å². The average molecular weight is 353 g/mol. The van der Waals surface area contributed by atoms with Crippen LogP contribution in [0, 0.1) is 13.8 Å². The third-order valence-corrected chi connectivity index (χ3v) is 4.47. The Morgan fingerprint density at radius 2 is 2.00 bits per heavy atom. The molecule has 0 fully saturated rings. The van der Waals surface area contributed by atoms with Gasteiger partial charge in [0.05, 0.1) is 16.7 Å². The first-order valence-electron chi connectivity index (χ1n) is 8.79. The first-order valence-corrected chi connectivity index (χ1v) is 8.79. The van der Waals surface area contributed by atoms with Gasteiger partial charge in [-0.15, -0.1) is 0 Å². The second-order valence-corrected chi connectivity index (χ2v) is 6.40. The molecular weight excluding hydrogens is 330 g/mol. The summed E-state index contributed by atoms with van der Waals surface area (Å²) in [5, 5.41) is 10.0. The fourth-order valence-corrected chi connectivity index (χ4v) is 2.99. The Morgan fingerprint density at radius 3 is 2.77 bits per heavy atom. The zero-order valence-electron chi connectivity index (χ0n) is 15.1. The third kappa shape index (κ3) is 4.17. The second-order valence-electron chi connectivity index (χ2n) is 6.40. The highest BCUT2D eigenvalue weighted by Crippen LogP contribution is 2.11. The summed E-state index contributed by atoms with van der Waals surface area (Å²) in [7, 11) is 0. The number of H-pyrrole nitrogens is 2. The largest absolute Gasteiger partial charge is 0.356 e. The first kappa shape index (κ1) is 17.8. The summed E-state index contributed by atoms with van der Waals surface area (Å²) in [4.78, 5) is 31.2. The zero-order valence-corrected chi connectivity index (χ0v) is 15.1. The summed E-state index contributed by atoms with van der Waals surface area (Å²) < 4.78 is 0. The number of nitrogens with one attached hydrogen (secondary N) is 3. The van der Waals surface area contributed by atoms with Gasteiger partial charge >= 0.3 is 0 Å². The van der Waals surface area contributed by atoms with Gasteiger partial charge in [0, 0.05) is 25.1 Å². The van der Waals surface area contributed by atoms with Gasteiger partial charge in [-0.3, -0.25) is 14.7 Å². The number of hydrogen-bond donors (Lipinski definition) is 3. The van der Waals surface area contributed by atoms with Crippen LogP contribution in [-0.2, 0) is 17.6 Å². The number of aromatic amines is 2. The normalized spacial score (nSPS) is 11.0. The van der Waals surface area contributed by atoms with Crippen molar-refractivity contribution >= 4 is 16.9 Å². The third-order valence-electron chi connectivity index (χ3n) is 4.47. The maximum absolute atomic E-state index is 12.0. The maximum atomic E-state index is 12.0. The molecule has 0 saturated carbocycles. The molecule has 1 amide bonds. The van der Waals surface area contributed by atoms with E-state index >= 15 is 0 Å². The fraction of sp³-hybridized carbons (Fsp3) is 0.368. The van der Waals surface area contributed by atoms with Crippen LogP contribution in [0.25, 0.3) is 11.0 Å². The summed E-state index contributed by atoms with van der Waals surface area (Å²) in [6.07, 6.45) is 2.30. The molecule has 0 radical (unpaired) electrons. The van der Waals surface area contributed by atoms with Gasteiger partial charge in [-0.05, 0) is 44.4 Å². The van der Waals surface area contributed by atoms with Crippen LogP contribution in [0.1, 0.15) is 35.5 Å². The van der Waals surface area contributed by atoms with Gasteiger partial charge in [0.1, 0.15) is 5.69 Å². The molecule has 2 aromatic heterocycles. The Kier molecular flexibility index (Phi) is 5.46. The minimum Gasteiger partial charge on any atom is -0.356 e. The quantitative estimate of drug-likeness (QED) is 0.565. The van der Waals surface area contributed by atoms with E-state index in [1.165, 1.54) is 5.56 Å². The molecule has 3 aromatic rings. The number of nitrogens with zero attached hydrogens (tertiary/aromatic N) is 2. The van der Waals surface area contributed by atoms with Crippen LogP contribution < -0.4 is 10.9 Å². The standard InChI is InChI=1S/C19H23N5O2/c1-12-14(13(2)24-23-12)6-5-11-20-18(25)10-9-17-19(26)22-16-8-4-3-7-15(16)21-17/h3-4,7-8H,5-6,9-11H2,1-2H3,(H,20,25)(H,22,26)(H,23,24). The molecule has 0 spiro atoms. The smallest absolute Gasteiger partial charge is 0.270 e. The number of carbonyl (C=O) groups excluding carboxylic acids is 1. The molecule has 3 rings (SSSR count). The van der Waals surface area contributed by atoms with E-state index in [9.17, 15) is 9.59 Å². The average Bonchev–Trinajstić information content (AvgIpc) is 2.95. The Hall–Kier alpha value is -2.96. The summed E-state index contributed by atoms with van der Waals surface area (Å²) in [5.41, 5.74) is 4.90. The predicted molar refractivity (Wildman–Crippen MR) is 100 cm³/mol. The molecule has 0 bridgehead atoms. The van der Waals surface area contributed by atoms with Gasteiger partial charge in [-0.1, -0.05) is 12.1 Å². The highest BCUT2D eigenvalue weighted by molar-refractivity contribution is 5.76. The van der Waals surface area contributed by atoms with Gasteiger partial charge in [0.25, 0.3) is 5.56 Å². The first-order chi connectivity index (χ1) is 12.5. The van der Waals surface area contributed by atoms with Crippen molar-refractivity contribution in [3.8, 4) is 0 Å². The van der Waals surface area contributed by atoms with E-state index in [4.69, 9.17) is 0 Å². The summed E-state index contributed by atoms with van der Waals surface area (Å²) in [5.74, 6) is -0.0694. The Balaban J connectivity index is 1.47. The maximum Gasteiger partial charge on any atom is 0.270 e. The van der Waals surface area contributed by atoms with Crippen LogP contribution in [0.4, 0.5) is 0 Å². The number of hydrogen-bond acceptors (Lipinski definition) is 4. The van der Waals surface area contributed by atoms with Crippen molar-refractivity contribution in [1.82, 2.24) is 25.5 Å². The van der Waals surface area contributed by atoms with E-state index in [0.717, 1.165) is 29.7 Å². The van der Waals surface area contributed by atoms with Crippen LogP contribution in [-0.4, -0.2) is 32.6 Å². The summed E-state index contributed by atoms with van der Waals surface area (Å²) in [6.45, 7) is 4.58. The number of rotatable bonds is 7. The number of amides is 1. The van der Waals surface area contributed by atoms with Gasteiger partial charge in [0.2, 0.25) is 5.91 Å². The Morgan fingerprint density at radius 1 is 1.19 bits per heavy atom. The van der Waals surface area contributed by atoms with Crippen molar-refractivity contribution < 1.29 is 4.79 Å². The minimum absolute atomic E-state index is 0.0694. The molecule has 0 saturated heterocycles. The molecule has 0 unspecified atom stereocenters. The molecule has 0 aliphatic rings. The Bertz CT molecular complexity index is 954. The van der Waals surface area contributed by atoms with Crippen molar-refractivity contribution in [2.75, 3.05) is 6.54 Å². The topological polar surface area (TPSA) is 104 Å². The molecule has 0 atom stereocenters. The SMILES string of the molecule is Cc1n[nH]c(C)c1CCCNC(=O)CCc1nc2ccccc2[nH]c1=O. The van der Waals surface area contributed by atoms with E-state index in [-0.39, 0.29) is 17.9 Å². The molecule has 7 heteroatoms. The highest BCUT2D eigenvalue weighted by atomic mass is 16.1. The molecule has 7 nitrogen and oxygen atoms in total. The number of aromatic nitrogens is 4. The number of fused-ring (bicyclic) bond motifs is 1. The second kappa shape index (κ2) is 7.95. The van der Waals surface area contributed by atoms with Crippen LogP contribution in [0.5, 0.6) is 0 Å². The lowest BCUT2D eigenvalue weighted by Crippen LogP contribution is -2.26. The van der Waals surface area contributed by atoms with E-state index in [2.05, 4.69) is 25.5 Å². The molecule has 1 aromatic carbocycles. The van der Waals surface area contributed by atoms with Gasteiger partial charge in [-0.2, -0.15) is 5.10 Å². The Labute approximate surface area is 151 Å².